The maximum atomic E-state index is 11.5. The van der Waals surface area contributed by atoms with Gasteiger partial charge in [-0.2, -0.15) is 0 Å². The molecule has 0 fully saturated rings. The molecule has 0 bridgehead atoms. The number of ether oxygens (including phenoxy) is 2. The van der Waals surface area contributed by atoms with E-state index in [4.69, 9.17) is 4.74 Å². The summed E-state index contributed by atoms with van der Waals surface area (Å²) in [5, 5.41) is 2.76. The molecule has 0 spiro atoms. The van der Waals surface area contributed by atoms with E-state index in [0.717, 1.165) is 6.42 Å². The van der Waals surface area contributed by atoms with Crippen molar-refractivity contribution in [2.75, 3.05) is 32.9 Å². The molecule has 6 heteroatoms. The average molecular weight is 227 g/mol. The van der Waals surface area contributed by atoms with Crippen LogP contribution in [0.5, 0.6) is 0 Å². The molecule has 0 saturated carbocycles. The maximum Gasteiger partial charge on any atom is 0.522 e. The van der Waals surface area contributed by atoms with E-state index in [2.05, 4.69) is 16.6 Å². The quantitative estimate of drug-likeness (QED) is 0.480. The molecular weight excluding hydrogens is 211 g/mol. The van der Waals surface area contributed by atoms with Gasteiger partial charge < -0.3 is 10.1 Å². The lowest BCUT2D eigenvalue weighted by Crippen LogP contribution is -2.27. The van der Waals surface area contributed by atoms with E-state index in [0.29, 0.717) is 19.8 Å². The summed E-state index contributed by atoms with van der Waals surface area (Å²) in [6.45, 7) is 4.87. The predicted molar refractivity (Wildman–Crippen MR) is 50.5 cm³/mol. The SMILES string of the molecule is C=CCCOCCNCCOC(F)(F)F. The second kappa shape index (κ2) is 8.70. The molecule has 0 aromatic heterocycles. The van der Waals surface area contributed by atoms with E-state index in [1.165, 1.54) is 0 Å². The Hall–Kier alpha value is -0.590. The molecule has 0 aromatic carbocycles. The van der Waals surface area contributed by atoms with Crippen molar-refractivity contribution in [2.24, 2.45) is 0 Å². The summed E-state index contributed by atoms with van der Waals surface area (Å²) in [4.78, 5) is 0. The Bertz CT molecular complexity index is 162. The number of alkyl halides is 3. The fourth-order valence-corrected chi connectivity index (χ4v) is 0.777. The molecule has 0 rings (SSSR count). The van der Waals surface area contributed by atoms with Gasteiger partial charge >= 0.3 is 6.36 Å². The highest BCUT2D eigenvalue weighted by atomic mass is 19.4. The second-order valence-electron chi connectivity index (χ2n) is 2.73. The molecule has 0 saturated heterocycles. The summed E-state index contributed by atoms with van der Waals surface area (Å²) < 4.78 is 43.1. The van der Waals surface area contributed by atoms with Gasteiger partial charge in [0, 0.05) is 13.1 Å². The molecule has 0 radical (unpaired) electrons. The summed E-state index contributed by atoms with van der Waals surface area (Å²) in [6, 6.07) is 0. The van der Waals surface area contributed by atoms with Crippen LogP contribution in [0.25, 0.3) is 0 Å². The normalized spacial score (nSPS) is 11.7. The third kappa shape index (κ3) is 13.4. The van der Waals surface area contributed by atoms with Crippen molar-refractivity contribution in [1.29, 1.82) is 0 Å². The van der Waals surface area contributed by atoms with E-state index in [1.54, 1.807) is 6.08 Å². The smallest absolute Gasteiger partial charge is 0.380 e. The van der Waals surface area contributed by atoms with E-state index >= 15 is 0 Å². The first-order valence-corrected chi connectivity index (χ1v) is 4.66. The third-order valence-corrected chi connectivity index (χ3v) is 1.43. The molecule has 15 heavy (non-hydrogen) atoms. The predicted octanol–water partition coefficient (Wildman–Crippen LogP) is 1.71. The van der Waals surface area contributed by atoms with Crippen LogP contribution in [0.1, 0.15) is 6.42 Å². The summed E-state index contributed by atoms with van der Waals surface area (Å²) in [5.41, 5.74) is 0. The molecule has 0 aliphatic rings. The summed E-state index contributed by atoms with van der Waals surface area (Å²) >= 11 is 0. The second-order valence-corrected chi connectivity index (χ2v) is 2.73. The van der Waals surface area contributed by atoms with Crippen LogP contribution in [0.3, 0.4) is 0 Å². The monoisotopic (exact) mass is 227 g/mol. The lowest BCUT2D eigenvalue weighted by atomic mass is 10.4. The standard InChI is InChI=1S/C9H16F3NO2/c1-2-3-6-14-7-4-13-5-8-15-9(10,11)12/h2,13H,1,3-8H2. The zero-order valence-electron chi connectivity index (χ0n) is 8.48. The van der Waals surface area contributed by atoms with Crippen molar-refractivity contribution in [3.8, 4) is 0 Å². The number of hydrogen-bond donors (Lipinski definition) is 1. The summed E-state index contributed by atoms with van der Waals surface area (Å²) in [5.74, 6) is 0. The maximum absolute atomic E-state index is 11.5. The van der Waals surface area contributed by atoms with Crippen molar-refractivity contribution in [2.45, 2.75) is 12.8 Å². The molecule has 1 N–H and O–H groups in total. The van der Waals surface area contributed by atoms with Gasteiger partial charge in [-0.1, -0.05) is 6.08 Å². The highest BCUT2D eigenvalue weighted by Gasteiger charge is 2.28. The summed E-state index contributed by atoms with van der Waals surface area (Å²) in [7, 11) is 0. The van der Waals surface area contributed by atoms with Crippen LogP contribution < -0.4 is 5.32 Å². The highest BCUT2D eigenvalue weighted by Crippen LogP contribution is 2.14. The first kappa shape index (κ1) is 14.4. The third-order valence-electron chi connectivity index (χ3n) is 1.43. The minimum absolute atomic E-state index is 0.157. The van der Waals surface area contributed by atoms with Crippen LogP contribution in [0.15, 0.2) is 12.7 Å². The van der Waals surface area contributed by atoms with Crippen LogP contribution >= 0.6 is 0 Å². The number of rotatable bonds is 9. The van der Waals surface area contributed by atoms with Gasteiger partial charge in [0.15, 0.2) is 0 Å². The van der Waals surface area contributed by atoms with Gasteiger partial charge in [-0.25, -0.2) is 0 Å². The zero-order valence-corrected chi connectivity index (χ0v) is 8.48. The molecule has 0 atom stereocenters. The number of halogens is 3. The van der Waals surface area contributed by atoms with Crippen molar-refractivity contribution in [3.05, 3.63) is 12.7 Å². The van der Waals surface area contributed by atoms with Crippen molar-refractivity contribution < 1.29 is 22.6 Å². The van der Waals surface area contributed by atoms with E-state index in [-0.39, 0.29) is 13.2 Å². The van der Waals surface area contributed by atoms with Gasteiger partial charge in [-0.3, -0.25) is 4.74 Å². The van der Waals surface area contributed by atoms with Gasteiger partial charge in [-0.15, -0.1) is 19.8 Å². The highest BCUT2D eigenvalue weighted by molar-refractivity contribution is 4.64. The van der Waals surface area contributed by atoms with Gasteiger partial charge in [0.1, 0.15) is 0 Å². The number of nitrogens with one attached hydrogen (secondary N) is 1. The van der Waals surface area contributed by atoms with Gasteiger partial charge in [0.05, 0.1) is 19.8 Å². The van der Waals surface area contributed by atoms with Crippen molar-refractivity contribution in [3.63, 3.8) is 0 Å². The van der Waals surface area contributed by atoms with Crippen LogP contribution in [0.2, 0.25) is 0 Å². The Labute approximate surface area is 87.2 Å². The van der Waals surface area contributed by atoms with E-state index < -0.39 is 6.36 Å². The van der Waals surface area contributed by atoms with Crippen LogP contribution in [-0.4, -0.2) is 39.3 Å². The minimum atomic E-state index is -4.54. The number of hydrogen-bond acceptors (Lipinski definition) is 3. The molecule has 0 aromatic rings. The first-order valence-electron chi connectivity index (χ1n) is 4.66. The largest absolute Gasteiger partial charge is 0.522 e. The molecule has 90 valence electrons. The minimum Gasteiger partial charge on any atom is -0.380 e. The van der Waals surface area contributed by atoms with Crippen molar-refractivity contribution in [1.82, 2.24) is 5.32 Å². The molecule has 0 aliphatic carbocycles. The van der Waals surface area contributed by atoms with Gasteiger partial charge in [0.2, 0.25) is 0 Å². The fraction of sp³-hybridized carbons (Fsp3) is 0.778. The van der Waals surface area contributed by atoms with Crippen LogP contribution in [-0.2, 0) is 9.47 Å². The van der Waals surface area contributed by atoms with Crippen LogP contribution in [0.4, 0.5) is 13.2 Å². The molecular formula is C9H16F3NO2. The van der Waals surface area contributed by atoms with Gasteiger partial charge in [0.25, 0.3) is 0 Å². The molecule has 0 aliphatic heterocycles. The fourth-order valence-electron chi connectivity index (χ4n) is 0.777. The Kier molecular flexibility index (Phi) is 8.35. The van der Waals surface area contributed by atoms with Gasteiger partial charge in [-0.05, 0) is 6.42 Å². The molecule has 0 amide bonds. The Morgan fingerprint density at radius 3 is 2.40 bits per heavy atom. The molecule has 3 nitrogen and oxygen atoms in total. The molecule has 0 unspecified atom stereocenters. The Morgan fingerprint density at radius 1 is 1.13 bits per heavy atom. The van der Waals surface area contributed by atoms with Crippen LogP contribution in [0, 0.1) is 0 Å². The zero-order chi connectivity index (χ0) is 11.6. The molecule has 0 heterocycles. The Balaban J connectivity index is 3.02. The Morgan fingerprint density at radius 2 is 1.80 bits per heavy atom. The first-order chi connectivity index (χ1) is 7.06. The topological polar surface area (TPSA) is 30.5 Å². The van der Waals surface area contributed by atoms with E-state index in [1.807, 2.05) is 0 Å². The average Bonchev–Trinajstić information content (AvgIpc) is 2.14. The lowest BCUT2D eigenvalue weighted by molar-refractivity contribution is -0.323. The van der Waals surface area contributed by atoms with E-state index in [9.17, 15) is 13.2 Å². The lowest BCUT2D eigenvalue weighted by Gasteiger charge is -2.08. The summed E-state index contributed by atoms with van der Waals surface area (Å²) in [6.07, 6.45) is -2.02. The van der Waals surface area contributed by atoms with Crippen molar-refractivity contribution >= 4 is 0 Å².